The molecule has 1 N–H and O–H groups in total. The van der Waals surface area contributed by atoms with Gasteiger partial charge in [-0.15, -0.1) is 0 Å². The summed E-state index contributed by atoms with van der Waals surface area (Å²) < 4.78 is 0. The maximum atomic E-state index is 11.0. The Labute approximate surface area is 132 Å². The molecule has 0 aromatic rings. The average molecular weight is 293 g/mol. The molecule has 2 rings (SSSR count). The predicted octanol–water partition coefficient (Wildman–Crippen LogP) is 5.87. The van der Waals surface area contributed by atoms with Crippen molar-refractivity contribution in [1.82, 2.24) is 0 Å². The summed E-state index contributed by atoms with van der Waals surface area (Å²) in [5, 5.41) is 11.0. The van der Waals surface area contributed by atoms with Crippen LogP contribution in [0.25, 0.3) is 0 Å². The van der Waals surface area contributed by atoms with E-state index in [1.165, 1.54) is 70.6 Å². The first kappa shape index (κ1) is 17.1. The molecule has 0 bridgehead atoms. The first-order valence-corrected chi connectivity index (χ1v) is 9.59. The molecule has 1 saturated carbocycles. The van der Waals surface area contributed by atoms with Crippen molar-refractivity contribution in [3.05, 3.63) is 12.2 Å². The van der Waals surface area contributed by atoms with E-state index in [-0.39, 0.29) is 0 Å². The highest BCUT2D eigenvalue weighted by atomic mass is 16.3. The summed E-state index contributed by atoms with van der Waals surface area (Å²) in [5.74, 6) is 2.19. The molecule has 1 nitrogen and oxygen atoms in total. The summed E-state index contributed by atoms with van der Waals surface area (Å²) in [4.78, 5) is 0. The first-order chi connectivity index (χ1) is 10.2. The highest BCUT2D eigenvalue weighted by Crippen LogP contribution is 2.42. The van der Waals surface area contributed by atoms with Crippen molar-refractivity contribution in [1.29, 1.82) is 0 Å². The fourth-order valence-electron chi connectivity index (χ4n) is 4.50. The molecule has 1 heteroatoms. The van der Waals surface area contributed by atoms with E-state index in [2.05, 4.69) is 26.0 Å². The Morgan fingerprint density at radius 1 is 0.952 bits per heavy atom. The van der Waals surface area contributed by atoms with Crippen molar-refractivity contribution >= 4 is 0 Å². The molecule has 1 fully saturated rings. The fourth-order valence-corrected chi connectivity index (χ4v) is 4.50. The molecule has 21 heavy (non-hydrogen) atoms. The molecular formula is C20H36O. The van der Waals surface area contributed by atoms with Gasteiger partial charge >= 0.3 is 0 Å². The lowest BCUT2D eigenvalue weighted by molar-refractivity contribution is -0.0127. The molecule has 0 amide bonds. The lowest BCUT2D eigenvalue weighted by Gasteiger charge is -2.41. The van der Waals surface area contributed by atoms with E-state index < -0.39 is 5.60 Å². The third kappa shape index (κ3) is 4.84. The largest absolute Gasteiger partial charge is 0.386 e. The van der Waals surface area contributed by atoms with Gasteiger partial charge in [0.2, 0.25) is 0 Å². The molecule has 0 spiro atoms. The molecule has 122 valence electrons. The molecule has 2 unspecified atom stereocenters. The van der Waals surface area contributed by atoms with Crippen molar-refractivity contribution < 1.29 is 5.11 Å². The molecule has 0 aliphatic heterocycles. The summed E-state index contributed by atoms with van der Waals surface area (Å²) in [6.07, 6.45) is 20.0. The predicted molar refractivity (Wildman–Crippen MR) is 91.3 cm³/mol. The van der Waals surface area contributed by atoms with Crippen molar-refractivity contribution in [2.45, 2.75) is 96.5 Å². The Balaban J connectivity index is 1.80. The van der Waals surface area contributed by atoms with Crippen LogP contribution in [0.1, 0.15) is 90.9 Å². The Bertz CT molecular complexity index is 314. The Morgan fingerprint density at radius 2 is 1.71 bits per heavy atom. The minimum atomic E-state index is -0.474. The van der Waals surface area contributed by atoms with Gasteiger partial charge in [-0.3, -0.25) is 0 Å². The van der Waals surface area contributed by atoms with Crippen LogP contribution in [0.3, 0.4) is 0 Å². The van der Waals surface area contributed by atoms with Crippen LogP contribution in [0.4, 0.5) is 0 Å². The van der Waals surface area contributed by atoms with Crippen LogP contribution in [0.5, 0.6) is 0 Å². The molecular weight excluding hydrogens is 256 g/mol. The smallest absolute Gasteiger partial charge is 0.0856 e. The second-order valence-corrected chi connectivity index (χ2v) is 7.65. The SMILES string of the molecule is CCCCCC1C=CC(O)([C@H]2CC[C@H](CCC)CC2)CC1. The van der Waals surface area contributed by atoms with Crippen molar-refractivity contribution in [2.24, 2.45) is 17.8 Å². The van der Waals surface area contributed by atoms with Gasteiger partial charge in [0.05, 0.1) is 5.60 Å². The van der Waals surface area contributed by atoms with E-state index in [1.807, 2.05) is 0 Å². The summed E-state index contributed by atoms with van der Waals surface area (Å²) in [7, 11) is 0. The summed E-state index contributed by atoms with van der Waals surface area (Å²) >= 11 is 0. The minimum Gasteiger partial charge on any atom is -0.386 e. The van der Waals surface area contributed by atoms with Crippen LogP contribution in [0, 0.1) is 17.8 Å². The van der Waals surface area contributed by atoms with Gasteiger partial charge in [0, 0.05) is 0 Å². The van der Waals surface area contributed by atoms with Gasteiger partial charge in [-0.1, -0.05) is 70.9 Å². The van der Waals surface area contributed by atoms with Crippen LogP contribution in [-0.4, -0.2) is 10.7 Å². The quantitative estimate of drug-likeness (QED) is 0.459. The summed E-state index contributed by atoms with van der Waals surface area (Å²) in [6, 6.07) is 0. The van der Waals surface area contributed by atoms with Gasteiger partial charge in [-0.2, -0.15) is 0 Å². The number of aliphatic hydroxyl groups is 1. The lowest BCUT2D eigenvalue weighted by atomic mass is 9.68. The van der Waals surface area contributed by atoms with Gasteiger partial charge in [-0.05, 0) is 49.9 Å². The van der Waals surface area contributed by atoms with Gasteiger partial charge in [0.25, 0.3) is 0 Å². The third-order valence-corrected chi connectivity index (χ3v) is 6.00. The Morgan fingerprint density at radius 3 is 2.29 bits per heavy atom. The van der Waals surface area contributed by atoms with Crippen LogP contribution in [-0.2, 0) is 0 Å². The van der Waals surface area contributed by atoms with Crippen LogP contribution >= 0.6 is 0 Å². The summed E-state index contributed by atoms with van der Waals surface area (Å²) in [6.45, 7) is 4.56. The number of rotatable bonds is 7. The number of unbranched alkanes of at least 4 members (excludes halogenated alkanes) is 2. The summed E-state index contributed by atoms with van der Waals surface area (Å²) in [5.41, 5.74) is -0.474. The molecule has 2 atom stereocenters. The second-order valence-electron chi connectivity index (χ2n) is 7.65. The lowest BCUT2D eigenvalue weighted by Crippen LogP contribution is -2.40. The Hall–Kier alpha value is -0.300. The molecule has 2 aliphatic carbocycles. The number of allylic oxidation sites excluding steroid dienone is 1. The molecule has 2 aliphatic rings. The number of hydrogen-bond donors (Lipinski definition) is 1. The van der Waals surface area contributed by atoms with Gasteiger partial charge in [-0.25, -0.2) is 0 Å². The molecule has 0 radical (unpaired) electrons. The topological polar surface area (TPSA) is 20.2 Å². The Kier molecular flexibility index (Phi) is 6.79. The van der Waals surface area contributed by atoms with Gasteiger partial charge in [0.15, 0.2) is 0 Å². The zero-order valence-electron chi connectivity index (χ0n) is 14.3. The zero-order chi connectivity index (χ0) is 15.1. The van der Waals surface area contributed by atoms with E-state index >= 15 is 0 Å². The molecule has 0 aromatic heterocycles. The highest BCUT2D eigenvalue weighted by molar-refractivity contribution is 5.11. The van der Waals surface area contributed by atoms with Crippen LogP contribution in [0.2, 0.25) is 0 Å². The second kappa shape index (κ2) is 8.36. The van der Waals surface area contributed by atoms with Gasteiger partial charge < -0.3 is 5.11 Å². The van der Waals surface area contributed by atoms with Crippen LogP contribution < -0.4 is 0 Å². The van der Waals surface area contributed by atoms with Crippen molar-refractivity contribution in [2.75, 3.05) is 0 Å². The van der Waals surface area contributed by atoms with E-state index in [1.54, 1.807) is 0 Å². The van der Waals surface area contributed by atoms with Crippen LogP contribution in [0.15, 0.2) is 12.2 Å². The van der Waals surface area contributed by atoms with E-state index in [4.69, 9.17) is 0 Å². The van der Waals surface area contributed by atoms with E-state index in [9.17, 15) is 5.11 Å². The minimum absolute atomic E-state index is 0.474. The van der Waals surface area contributed by atoms with Gasteiger partial charge in [0.1, 0.15) is 0 Å². The number of hydrogen-bond acceptors (Lipinski definition) is 1. The molecule has 0 saturated heterocycles. The monoisotopic (exact) mass is 292 g/mol. The van der Waals surface area contributed by atoms with E-state index in [0.29, 0.717) is 5.92 Å². The third-order valence-electron chi connectivity index (χ3n) is 6.00. The zero-order valence-corrected chi connectivity index (χ0v) is 14.3. The first-order valence-electron chi connectivity index (χ1n) is 9.59. The maximum Gasteiger partial charge on any atom is 0.0856 e. The van der Waals surface area contributed by atoms with Crippen molar-refractivity contribution in [3.63, 3.8) is 0 Å². The highest BCUT2D eigenvalue weighted by Gasteiger charge is 2.38. The standard InChI is InChI=1S/C20H36O/c1-3-5-6-8-18-13-15-20(21,16-14-18)19-11-9-17(7-4-2)10-12-19/h13,15,17-19,21H,3-12,14,16H2,1-2H3/t17-,18?,19-,20?. The van der Waals surface area contributed by atoms with Crippen molar-refractivity contribution in [3.8, 4) is 0 Å². The van der Waals surface area contributed by atoms with E-state index in [0.717, 1.165) is 18.3 Å². The molecule has 0 heterocycles. The molecule has 0 aromatic carbocycles. The average Bonchev–Trinajstić information content (AvgIpc) is 2.51. The fraction of sp³-hybridized carbons (Fsp3) is 0.900. The normalized spacial score (nSPS) is 36.8. The maximum absolute atomic E-state index is 11.0.